The highest BCUT2D eigenvalue weighted by molar-refractivity contribution is 6.11. The monoisotopic (exact) mass is 614 g/mol. The lowest BCUT2D eigenvalue weighted by Gasteiger charge is -2.31. The third-order valence-corrected chi connectivity index (χ3v) is 9.39. The van der Waals surface area contributed by atoms with Gasteiger partial charge in [0.1, 0.15) is 11.6 Å². The van der Waals surface area contributed by atoms with Gasteiger partial charge in [-0.25, -0.2) is 8.78 Å². The van der Waals surface area contributed by atoms with Crippen molar-refractivity contribution in [1.29, 1.82) is 0 Å². The van der Waals surface area contributed by atoms with E-state index in [2.05, 4.69) is 42.8 Å². The third kappa shape index (κ3) is 6.82. The van der Waals surface area contributed by atoms with Crippen LogP contribution in [0.25, 0.3) is 10.9 Å². The van der Waals surface area contributed by atoms with Gasteiger partial charge in [-0.2, -0.15) is 5.10 Å². The topological polar surface area (TPSA) is 85.5 Å². The van der Waals surface area contributed by atoms with Gasteiger partial charge in [0.25, 0.3) is 5.91 Å². The quantitative estimate of drug-likeness (QED) is 0.204. The standard InChI is InChI=1S/C35H40F2N6O2/c36-25-17-24(18-26(37)20-25)16-23-5-8-32-31(19-23)34(41-40-32)39-35(44)30-7-6-28(21-33(30)38-27-9-14-45-15-10-27)43-13-3-4-29(43)22-42-11-1-2-12-42/h5-8,17-21,27,29,38H,1-4,9-16,22H2,(H2,39,40,41,44)/t29-/m0/s1. The SMILES string of the molecule is O=C(Nc1n[nH]c2ccc(Cc3cc(F)cc(F)c3)cc12)c1ccc(N2CCC[C@H]2CN2CCCC2)cc1NC1CCOCC1. The van der Waals surface area contributed by atoms with E-state index >= 15 is 0 Å². The fourth-order valence-electron chi connectivity index (χ4n) is 7.11. The molecular weight excluding hydrogens is 574 g/mol. The lowest BCUT2D eigenvalue weighted by molar-refractivity contribution is 0.0904. The number of carbonyl (C=O) groups is 1. The molecule has 0 bridgehead atoms. The van der Waals surface area contributed by atoms with Crippen molar-refractivity contribution in [3.05, 3.63) is 82.9 Å². The fraction of sp³-hybridized carbons (Fsp3) is 0.429. The number of nitrogens with zero attached hydrogens (tertiary/aromatic N) is 3. The molecule has 0 spiro atoms. The minimum absolute atomic E-state index is 0.223. The third-order valence-electron chi connectivity index (χ3n) is 9.39. The van der Waals surface area contributed by atoms with E-state index in [-0.39, 0.29) is 11.9 Å². The Morgan fingerprint density at radius 3 is 2.51 bits per heavy atom. The predicted molar refractivity (Wildman–Crippen MR) is 173 cm³/mol. The maximum atomic E-state index is 13.9. The summed E-state index contributed by atoms with van der Waals surface area (Å²) in [5.41, 5.74) is 4.66. The van der Waals surface area contributed by atoms with E-state index in [4.69, 9.17) is 4.74 Å². The molecule has 1 atom stereocenters. The van der Waals surface area contributed by atoms with Crippen molar-refractivity contribution in [2.75, 3.05) is 54.9 Å². The van der Waals surface area contributed by atoms with Gasteiger partial charge in [0.05, 0.1) is 11.1 Å². The van der Waals surface area contributed by atoms with Gasteiger partial charge in [-0.05, 0) is 112 Å². The zero-order valence-corrected chi connectivity index (χ0v) is 25.5. The Bertz CT molecular complexity index is 1640. The van der Waals surface area contributed by atoms with E-state index in [0.29, 0.717) is 42.6 Å². The van der Waals surface area contributed by atoms with Gasteiger partial charge >= 0.3 is 0 Å². The van der Waals surface area contributed by atoms with Crippen molar-refractivity contribution in [1.82, 2.24) is 15.1 Å². The van der Waals surface area contributed by atoms with Crippen LogP contribution in [-0.2, 0) is 11.2 Å². The van der Waals surface area contributed by atoms with Gasteiger partial charge in [-0.15, -0.1) is 0 Å². The van der Waals surface area contributed by atoms with Crippen LogP contribution >= 0.6 is 0 Å². The number of ether oxygens (including phenoxy) is 1. The highest BCUT2D eigenvalue weighted by Crippen LogP contribution is 2.33. The van der Waals surface area contributed by atoms with Crippen LogP contribution in [0.15, 0.2) is 54.6 Å². The Kier molecular flexibility index (Phi) is 8.67. The van der Waals surface area contributed by atoms with Crippen LogP contribution in [0.1, 0.15) is 60.0 Å². The number of amides is 1. The van der Waals surface area contributed by atoms with Crippen LogP contribution in [0.4, 0.5) is 26.0 Å². The number of hydrogen-bond acceptors (Lipinski definition) is 6. The minimum Gasteiger partial charge on any atom is -0.381 e. The average molecular weight is 615 g/mol. The van der Waals surface area contributed by atoms with Crippen LogP contribution in [0, 0.1) is 11.6 Å². The van der Waals surface area contributed by atoms with Crippen molar-refractivity contribution < 1.29 is 18.3 Å². The first kappa shape index (κ1) is 29.7. The number of carbonyl (C=O) groups excluding carboxylic acids is 1. The maximum Gasteiger partial charge on any atom is 0.258 e. The number of H-pyrrole nitrogens is 1. The Balaban J connectivity index is 1.14. The summed E-state index contributed by atoms with van der Waals surface area (Å²) >= 11 is 0. The van der Waals surface area contributed by atoms with Crippen LogP contribution in [0.5, 0.6) is 0 Å². The second-order valence-corrected chi connectivity index (χ2v) is 12.6. The summed E-state index contributed by atoms with van der Waals surface area (Å²) in [6.45, 7) is 5.89. The number of aromatic nitrogens is 2. The van der Waals surface area contributed by atoms with Crippen LogP contribution in [-0.4, -0.2) is 72.5 Å². The van der Waals surface area contributed by atoms with Crippen LogP contribution < -0.4 is 15.5 Å². The number of nitrogens with one attached hydrogen (secondary N) is 3. The average Bonchev–Trinajstić information content (AvgIpc) is 3.80. The molecule has 1 amide bonds. The Labute approximate surface area is 262 Å². The number of halogens is 2. The molecule has 3 aliphatic heterocycles. The van der Waals surface area contributed by atoms with Gasteiger partial charge in [0, 0.05) is 61.2 Å². The second-order valence-electron chi connectivity index (χ2n) is 12.6. The minimum atomic E-state index is -0.606. The number of fused-ring (bicyclic) bond motifs is 1. The lowest BCUT2D eigenvalue weighted by Crippen LogP contribution is -2.39. The number of rotatable bonds is 9. The smallest absolute Gasteiger partial charge is 0.258 e. The largest absolute Gasteiger partial charge is 0.381 e. The van der Waals surface area contributed by atoms with Crippen molar-refractivity contribution >= 4 is 34.0 Å². The van der Waals surface area contributed by atoms with E-state index in [1.807, 2.05) is 24.3 Å². The molecular formula is C35H40F2N6O2. The number of aromatic amines is 1. The maximum absolute atomic E-state index is 13.9. The summed E-state index contributed by atoms with van der Waals surface area (Å²) in [5, 5.41) is 14.8. The van der Waals surface area contributed by atoms with E-state index < -0.39 is 11.6 Å². The Morgan fingerprint density at radius 1 is 0.911 bits per heavy atom. The normalized spacial score (nSPS) is 19.4. The lowest BCUT2D eigenvalue weighted by atomic mass is 10.0. The molecule has 4 aromatic rings. The molecule has 3 fully saturated rings. The van der Waals surface area contributed by atoms with Crippen LogP contribution in [0.3, 0.4) is 0 Å². The summed E-state index contributed by atoms with van der Waals surface area (Å²) < 4.78 is 33.1. The van der Waals surface area contributed by atoms with Crippen molar-refractivity contribution in [3.63, 3.8) is 0 Å². The van der Waals surface area contributed by atoms with Crippen LogP contribution in [0.2, 0.25) is 0 Å². The molecule has 45 heavy (non-hydrogen) atoms. The van der Waals surface area contributed by atoms with Gasteiger partial charge in [0.2, 0.25) is 0 Å². The molecule has 0 radical (unpaired) electrons. The van der Waals surface area contributed by atoms with E-state index in [0.717, 1.165) is 59.8 Å². The first-order valence-electron chi connectivity index (χ1n) is 16.2. The highest BCUT2D eigenvalue weighted by atomic mass is 19.1. The molecule has 0 saturated carbocycles. The molecule has 1 aromatic heterocycles. The van der Waals surface area contributed by atoms with E-state index in [1.165, 1.54) is 50.9 Å². The summed E-state index contributed by atoms with van der Waals surface area (Å²) in [4.78, 5) is 19.0. The molecule has 8 nitrogen and oxygen atoms in total. The molecule has 3 N–H and O–H groups in total. The Morgan fingerprint density at radius 2 is 1.71 bits per heavy atom. The summed E-state index contributed by atoms with van der Waals surface area (Å²) in [6, 6.07) is 16.0. The zero-order chi connectivity index (χ0) is 30.8. The predicted octanol–water partition coefficient (Wildman–Crippen LogP) is 6.34. The van der Waals surface area contributed by atoms with Gasteiger partial charge < -0.3 is 25.2 Å². The molecule has 0 aliphatic carbocycles. The number of likely N-dealkylation sites (tertiary alicyclic amines) is 1. The Hall–Kier alpha value is -4.02. The van der Waals surface area contributed by atoms with Gasteiger partial charge in [0.15, 0.2) is 5.82 Å². The summed E-state index contributed by atoms with van der Waals surface area (Å²) in [5.74, 6) is -1.05. The first-order valence-corrected chi connectivity index (χ1v) is 16.2. The molecule has 3 aliphatic rings. The molecule has 4 heterocycles. The molecule has 7 rings (SSSR count). The summed E-state index contributed by atoms with van der Waals surface area (Å²) in [7, 11) is 0. The number of benzene rings is 3. The highest BCUT2D eigenvalue weighted by Gasteiger charge is 2.29. The number of anilines is 3. The zero-order valence-electron chi connectivity index (χ0n) is 25.5. The number of hydrogen-bond donors (Lipinski definition) is 3. The fourth-order valence-corrected chi connectivity index (χ4v) is 7.11. The van der Waals surface area contributed by atoms with Crippen molar-refractivity contribution in [3.8, 4) is 0 Å². The molecule has 236 valence electrons. The van der Waals surface area contributed by atoms with Crippen molar-refractivity contribution in [2.24, 2.45) is 0 Å². The molecule has 0 unspecified atom stereocenters. The summed E-state index contributed by atoms with van der Waals surface area (Å²) in [6.07, 6.45) is 7.04. The van der Waals surface area contributed by atoms with Crippen molar-refractivity contribution in [2.45, 2.75) is 57.0 Å². The van der Waals surface area contributed by atoms with Gasteiger partial charge in [-0.3, -0.25) is 9.89 Å². The molecule has 10 heteroatoms. The second kappa shape index (κ2) is 13.1. The van der Waals surface area contributed by atoms with Gasteiger partial charge in [-0.1, -0.05) is 6.07 Å². The molecule has 3 saturated heterocycles. The van der Waals surface area contributed by atoms with E-state index in [9.17, 15) is 13.6 Å². The molecule has 3 aromatic carbocycles. The van der Waals surface area contributed by atoms with E-state index in [1.54, 1.807) is 0 Å². The first-order chi connectivity index (χ1) is 22.0.